The highest BCUT2D eigenvalue weighted by Crippen LogP contribution is 2.43. The van der Waals surface area contributed by atoms with Gasteiger partial charge in [0.05, 0.1) is 21.6 Å². The van der Waals surface area contributed by atoms with E-state index >= 15 is 0 Å². The van der Waals surface area contributed by atoms with Crippen LogP contribution in [0.4, 0.5) is 0 Å². The van der Waals surface area contributed by atoms with Crippen molar-refractivity contribution in [3.8, 4) is 0 Å². The standard InChI is InChI=1S/C13H19ClN2O2/c1-8-12(14)11(10-6-4-3-5-7-10)13(16(17)18)9(2)15-8/h10-11,15H,3-7H2,1-2H3. The number of nitrogens with one attached hydrogen (secondary N) is 1. The smallest absolute Gasteiger partial charge is 0.273 e. The molecule has 1 heterocycles. The summed E-state index contributed by atoms with van der Waals surface area (Å²) in [6.07, 6.45) is 5.62. The Balaban J connectivity index is 2.36. The number of nitrogens with zero attached hydrogens (tertiary/aromatic N) is 1. The molecule has 0 bridgehead atoms. The summed E-state index contributed by atoms with van der Waals surface area (Å²) in [5.74, 6) is 0.0990. The van der Waals surface area contributed by atoms with Gasteiger partial charge < -0.3 is 5.32 Å². The van der Waals surface area contributed by atoms with E-state index in [0.29, 0.717) is 16.6 Å². The van der Waals surface area contributed by atoms with Crippen LogP contribution in [0.5, 0.6) is 0 Å². The summed E-state index contributed by atoms with van der Waals surface area (Å²) in [7, 11) is 0. The maximum absolute atomic E-state index is 11.3. The van der Waals surface area contributed by atoms with Gasteiger partial charge in [0.2, 0.25) is 0 Å². The maximum Gasteiger partial charge on any atom is 0.273 e. The van der Waals surface area contributed by atoms with Crippen molar-refractivity contribution in [1.29, 1.82) is 0 Å². The van der Waals surface area contributed by atoms with E-state index < -0.39 is 0 Å². The molecule has 1 aliphatic heterocycles. The molecule has 0 saturated heterocycles. The fourth-order valence-electron chi connectivity index (χ4n) is 3.14. The molecular weight excluding hydrogens is 252 g/mol. The third-order valence-electron chi connectivity index (χ3n) is 4.00. The topological polar surface area (TPSA) is 55.2 Å². The fraction of sp³-hybridized carbons (Fsp3) is 0.692. The zero-order valence-corrected chi connectivity index (χ0v) is 11.6. The highest BCUT2D eigenvalue weighted by atomic mass is 35.5. The van der Waals surface area contributed by atoms with Crippen LogP contribution in [-0.4, -0.2) is 4.92 Å². The summed E-state index contributed by atoms with van der Waals surface area (Å²) in [5.41, 5.74) is 1.75. The van der Waals surface area contributed by atoms with Crippen LogP contribution in [-0.2, 0) is 0 Å². The summed E-state index contributed by atoms with van der Waals surface area (Å²) in [6, 6.07) is 0. The van der Waals surface area contributed by atoms with E-state index in [1.165, 1.54) is 6.42 Å². The Hall–Kier alpha value is -1.03. The minimum absolute atomic E-state index is 0.219. The SMILES string of the molecule is CC1=C(Cl)C(C2CCCCC2)C([N+](=O)[O-])=C(C)N1. The molecule has 0 aromatic heterocycles. The highest BCUT2D eigenvalue weighted by Gasteiger charge is 2.40. The number of allylic oxidation sites excluding steroid dienone is 3. The van der Waals surface area contributed by atoms with Crippen molar-refractivity contribution < 1.29 is 4.92 Å². The third-order valence-corrected chi connectivity index (χ3v) is 4.52. The van der Waals surface area contributed by atoms with Crippen LogP contribution in [0.3, 0.4) is 0 Å². The van der Waals surface area contributed by atoms with Crippen LogP contribution >= 0.6 is 11.6 Å². The maximum atomic E-state index is 11.3. The van der Waals surface area contributed by atoms with Gasteiger partial charge in [-0.05, 0) is 32.6 Å². The number of halogens is 1. The van der Waals surface area contributed by atoms with Gasteiger partial charge in [0, 0.05) is 5.70 Å². The average Bonchev–Trinajstić information content (AvgIpc) is 2.34. The van der Waals surface area contributed by atoms with Gasteiger partial charge in [-0.2, -0.15) is 0 Å². The monoisotopic (exact) mass is 270 g/mol. The molecule has 100 valence electrons. The Morgan fingerprint density at radius 3 is 2.39 bits per heavy atom. The Labute approximate surface area is 112 Å². The van der Waals surface area contributed by atoms with Crippen LogP contribution in [0.15, 0.2) is 22.1 Å². The summed E-state index contributed by atoms with van der Waals surface area (Å²) in [4.78, 5) is 11.0. The lowest BCUT2D eigenvalue weighted by Crippen LogP contribution is -2.32. The third kappa shape index (κ3) is 2.39. The van der Waals surface area contributed by atoms with Crippen LogP contribution in [0, 0.1) is 22.0 Å². The molecule has 5 heteroatoms. The van der Waals surface area contributed by atoms with Crippen molar-refractivity contribution in [2.45, 2.75) is 46.0 Å². The van der Waals surface area contributed by atoms with E-state index in [2.05, 4.69) is 5.32 Å². The van der Waals surface area contributed by atoms with Crippen molar-refractivity contribution in [3.05, 3.63) is 32.2 Å². The molecule has 0 amide bonds. The van der Waals surface area contributed by atoms with E-state index in [4.69, 9.17) is 11.6 Å². The van der Waals surface area contributed by atoms with E-state index in [-0.39, 0.29) is 16.5 Å². The van der Waals surface area contributed by atoms with Crippen molar-refractivity contribution in [3.63, 3.8) is 0 Å². The molecule has 0 aromatic carbocycles. The van der Waals surface area contributed by atoms with Crippen molar-refractivity contribution in [2.24, 2.45) is 11.8 Å². The van der Waals surface area contributed by atoms with Gasteiger partial charge in [-0.3, -0.25) is 10.1 Å². The molecule has 2 aliphatic rings. The van der Waals surface area contributed by atoms with Gasteiger partial charge in [0.15, 0.2) is 0 Å². The molecular formula is C13H19ClN2O2. The van der Waals surface area contributed by atoms with Crippen LogP contribution in [0.1, 0.15) is 46.0 Å². The Kier molecular flexibility index (Phi) is 3.95. The lowest BCUT2D eigenvalue weighted by molar-refractivity contribution is -0.435. The molecule has 1 atom stereocenters. The summed E-state index contributed by atoms with van der Waals surface area (Å²) < 4.78 is 0. The predicted octanol–water partition coefficient (Wildman–Crippen LogP) is 3.76. The molecule has 0 radical (unpaired) electrons. The molecule has 0 spiro atoms. The number of nitro groups is 1. The number of rotatable bonds is 2. The quantitative estimate of drug-likeness (QED) is 0.614. The van der Waals surface area contributed by atoms with Gasteiger partial charge in [-0.25, -0.2) is 0 Å². The van der Waals surface area contributed by atoms with Crippen LogP contribution < -0.4 is 5.32 Å². The number of hydrogen-bond acceptors (Lipinski definition) is 3. The summed E-state index contributed by atoms with van der Waals surface area (Å²) in [5, 5.41) is 14.9. The van der Waals surface area contributed by atoms with Crippen molar-refractivity contribution in [2.75, 3.05) is 0 Å². The van der Waals surface area contributed by atoms with Gasteiger partial charge in [-0.15, -0.1) is 0 Å². The van der Waals surface area contributed by atoms with E-state index in [1.54, 1.807) is 6.92 Å². The van der Waals surface area contributed by atoms with Gasteiger partial charge in [-0.1, -0.05) is 30.9 Å². The fourth-order valence-corrected chi connectivity index (χ4v) is 3.47. The van der Waals surface area contributed by atoms with Gasteiger partial charge >= 0.3 is 0 Å². The number of hydrogen-bond donors (Lipinski definition) is 1. The Morgan fingerprint density at radius 2 is 1.83 bits per heavy atom. The molecule has 1 fully saturated rings. The first-order valence-corrected chi connectivity index (χ1v) is 6.88. The Bertz CT molecular complexity index is 423. The second-order valence-electron chi connectivity index (χ2n) is 5.24. The molecule has 18 heavy (non-hydrogen) atoms. The lowest BCUT2D eigenvalue weighted by atomic mass is 9.77. The van der Waals surface area contributed by atoms with Gasteiger partial charge in [0.25, 0.3) is 5.70 Å². The largest absolute Gasteiger partial charge is 0.356 e. The molecule has 4 nitrogen and oxygen atoms in total. The second-order valence-corrected chi connectivity index (χ2v) is 5.65. The van der Waals surface area contributed by atoms with E-state index in [9.17, 15) is 10.1 Å². The molecule has 1 saturated carbocycles. The van der Waals surface area contributed by atoms with E-state index in [0.717, 1.165) is 31.4 Å². The van der Waals surface area contributed by atoms with Gasteiger partial charge in [0.1, 0.15) is 0 Å². The zero-order valence-electron chi connectivity index (χ0n) is 10.8. The molecule has 1 unspecified atom stereocenters. The van der Waals surface area contributed by atoms with Crippen molar-refractivity contribution in [1.82, 2.24) is 5.32 Å². The Morgan fingerprint density at radius 1 is 1.22 bits per heavy atom. The molecule has 2 rings (SSSR count). The minimum Gasteiger partial charge on any atom is -0.356 e. The zero-order chi connectivity index (χ0) is 13.3. The van der Waals surface area contributed by atoms with Crippen LogP contribution in [0.25, 0.3) is 0 Å². The first kappa shape index (κ1) is 13.4. The molecule has 0 aromatic rings. The predicted molar refractivity (Wildman–Crippen MR) is 71.4 cm³/mol. The lowest BCUT2D eigenvalue weighted by Gasteiger charge is -2.32. The molecule has 1 N–H and O–H groups in total. The highest BCUT2D eigenvalue weighted by molar-refractivity contribution is 6.30. The second kappa shape index (κ2) is 5.31. The first-order valence-electron chi connectivity index (χ1n) is 6.50. The normalized spacial score (nSPS) is 26.3. The van der Waals surface area contributed by atoms with Crippen molar-refractivity contribution >= 4 is 11.6 Å². The van der Waals surface area contributed by atoms with E-state index in [1.807, 2.05) is 6.92 Å². The average molecular weight is 271 g/mol. The summed E-state index contributed by atoms with van der Waals surface area (Å²) >= 11 is 6.35. The summed E-state index contributed by atoms with van der Waals surface area (Å²) in [6.45, 7) is 3.65. The first-order chi connectivity index (χ1) is 8.52. The van der Waals surface area contributed by atoms with Crippen LogP contribution in [0.2, 0.25) is 0 Å². The number of dihydropyridines is 1. The minimum atomic E-state index is -0.267. The molecule has 1 aliphatic carbocycles.